The van der Waals surface area contributed by atoms with Gasteiger partial charge in [0.2, 0.25) is 5.91 Å². The molecule has 5 heteroatoms. The first kappa shape index (κ1) is 18.9. The Morgan fingerprint density at radius 1 is 1.45 bits per heavy atom. The Bertz CT molecular complexity index is 497. The smallest absolute Gasteiger partial charge is 0.225 e. The molecule has 3 atom stereocenters. The second-order valence-corrected chi connectivity index (χ2v) is 6.08. The van der Waals surface area contributed by atoms with Crippen LogP contribution in [0.1, 0.15) is 32.8 Å². The van der Waals surface area contributed by atoms with Crippen LogP contribution in [0.25, 0.3) is 0 Å². The summed E-state index contributed by atoms with van der Waals surface area (Å²) < 4.78 is 13.2. The van der Waals surface area contributed by atoms with E-state index >= 15 is 0 Å². The molecule has 0 bridgehead atoms. The van der Waals surface area contributed by atoms with Crippen LogP contribution in [0.3, 0.4) is 0 Å². The molecule has 1 aliphatic rings. The lowest BCUT2D eigenvalue weighted by Crippen LogP contribution is -2.58. The zero-order valence-corrected chi connectivity index (χ0v) is 14.3. The third kappa shape index (κ3) is 4.68. The third-order valence-corrected chi connectivity index (χ3v) is 4.49. The number of aryl methyl sites for hydroxylation is 1. The highest BCUT2D eigenvalue weighted by atomic mass is 35.5. The molecule has 0 radical (unpaired) electrons. The predicted molar refractivity (Wildman–Crippen MR) is 89.8 cm³/mol. The summed E-state index contributed by atoms with van der Waals surface area (Å²) in [7, 11) is 0. The number of carbonyl (C=O) groups is 1. The zero-order chi connectivity index (χ0) is 15.4. The van der Waals surface area contributed by atoms with Crippen molar-refractivity contribution >= 4 is 18.3 Å². The number of benzene rings is 1. The summed E-state index contributed by atoms with van der Waals surface area (Å²) in [6.45, 7) is 7.80. The van der Waals surface area contributed by atoms with Crippen molar-refractivity contribution in [3.8, 4) is 0 Å². The molecule has 1 saturated heterocycles. The molecule has 22 heavy (non-hydrogen) atoms. The molecule has 0 spiro atoms. The number of hydrogen-bond donors (Lipinski definition) is 1. The lowest BCUT2D eigenvalue weighted by atomic mass is 9.97. The second-order valence-electron chi connectivity index (χ2n) is 6.08. The molecule has 124 valence electrons. The lowest BCUT2D eigenvalue weighted by molar-refractivity contribution is -0.138. The maximum atomic E-state index is 13.2. The van der Waals surface area contributed by atoms with Crippen molar-refractivity contribution in [3.63, 3.8) is 0 Å². The first-order valence-electron chi connectivity index (χ1n) is 7.77. The average Bonchev–Trinajstić information content (AvgIpc) is 2.47. The van der Waals surface area contributed by atoms with Crippen molar-refractivity contribution in [2.75, 3.05) is 13.1 Å². The molecule has 2 rings (SSSR count). The molecule has 1 N–H and O–H groups in total. The van der Waals surface area contributed by atoms with Crippen LogP contribution in [-0.4, -0.2) is 36.0 Å². The van der Waals surface area contributed by atoms with E-state index in [1.165, 1.54) is 6.07 Å². The van der Waals surface area contributed by atoms with Gasteiger partial charge in [0.25, 0.3) is 0 Å². The van der Waals surface area contributed by atoms with E-state index in [2.05, 4.69) is 19.2 Å². The second kappa shape index (κ2) is 8.49. The molecule has 0 saturated carbocycles. The number of rotatable bonds is 4. The summed E-state index contributed by atoms with van der Waals surface area (Å²) in [6, 6.07) is 7.18. The first-order chi connectivity index (χ1) is 9.99. The normalized spacial score (nSPS) is 22.8. The van der Waals surface area contributed by atoms with Gasteiger partial charge < -0.3 is 10.2 Å². The van der Waals surface area contributed by atoms with E-state index in [0.29, 0.717) is 6.04 Å². The van der Waals surface area contributed by atoms with Gasteiger partial charge in [0.05, 0.1) is 0 Å². The molecular formula is C17H26ClFN2O. The van der Waals surface area contributed by atoms with Gasteiger partial charge in [-0.05, 0) is 44.4 Å². The maximum Gasteiger partial charge on any atom is 0.225 e. The van der Waals surface area contributed by atoms with Crippen LogP contribution in [0.5, 0.6) is 0 Å². The summed E-state index contributed by atoms with van der Waals surface area (Å²) in [5.74, 6) is -0.0238. The van der Waals surface area contributed by atoms with Crippen molar-refractivity contribution in [2.24, 2.45) is 5.92 Å². The molecule has 1 aromatic carbocycles. The van der Waals surface area contributed by atoms with Crippen LogP contribution in [0.4, 0.5) is 4.39 Å². The molecule has 0 aromatic heterocycles. The van der Waals surface area contributed by atoms with E-state index < -0.39 is 0 Å². The Morgan fingerprint density at radius 2 is 2.18 bits per heavy atom. The highest BCUT2D eigenvalue weighted by Gasteiger charge is 2.30. The van der Waals surface area contributed by atoms with Crippen LogP contribution < -0.4 is 5.32 Å². The Morgan fingerprint density at radius 3 is 2.86 bits per heavy atom. The van der Waals surface area contributed by atoms with E-state index in [-0.39, 0.29) is 36.1 Å². The van der Waals surface area contributed by atoms with Gasteiger partial charge in [-0.25, -0.2) is 4.39 Å². The number of halogens is 2. The fraction of sp³-hybridized carbons (Fsp3) is 0.588. The summed E-state index contributed by atoms with van der Waals surface area (Å²) in [6.07, 6.45) is 1.49. The topological polar surface area (TPSA) is 32.3 Å². The summed E-state index contributed by atoms with van der Waals surface area (Å²) in [4.78, 5) is 14.5. The average molecular weight is 329 g/mol. The molecule has 3 nitrogen and oxygen atoms in total. The molecule has 1 aromatic rings. The molecule has 1 aliphatic heterocycles. The first-order valence-corrected chi connectivity index (χ1v) is 7.77. The molecule has 1 fully saturated rings. The van der Waals surface area contributed by atoms with Crippen molar-refractivity contribution in [3.05, 3.63) is 35.6 Å². The SMILES string of the molecule is CC(CCc1cccc(F)c1)C(=O)N1CCNC(C)C1C.Cl. The summed E-state index contributed by atoms with van der Waals surface area (Å²) in [5.41, 5.74) is 0.955. The van der Waals surface area contributed by atoms with Gasteiger partial charge in [-0.1, -0.05) is 19.1 Å². The van der Waals surface area contributed by atoms with Crippen molar-refractivity contribution in [1.82, 2.24) is 10.2 Å². The van der Waals surface area contributed by atoms with Crippen LogP contribution in [0.2, 0.25) is 0 Å². The number of piperazine rings is 1. The fourth-order valence-electron chi connectivity index (χ4n) is 2.85. The van der Waals surface area contributed by atoms with E-state index in [1.54, 1.807) is 12.1 Å². The predicted octanol–water partition coefficient (Wildman–Crippen LogP) is 3.03. The minimum absolute atomic E-state index is 0. The number of nitrogens with one attached hydrogen (secondary N) is 1. The molecule has 3 unspecified atom stereocenters. The van der Waals surface area contributed by atoms with Gasteiger partial charge in [-0.15, -0.1) is 12.4 Å². The third-order valence-electron chi connectivity index (χ3n) is 4.49. The van der Waals surface area contributed by atoms with Crippen molar-refractivity contribution in [2.45, 2.75) is 45.7 Å². The lowest BCUT2D eigenvalue weighted by Gasteiger charge is -2.40. The number of nitrogens with zero attached hydrogens (tertiary/aromatic N) is 1. The van der Waals surface area contributed by atoms with Crippen LogP contribution >= 0.6 is 12.4 Å². The Kier molecular flexibility index (Phi) is 7.30. The van der Waals surface area contributed by atoms with Crippen molar-refractivity contribution in [1.29, 1.82) is 0 Å². The minimum atomic E-state index is -0.212. The highest BCUT2D eigenvalue weighted by molar-refractivity contribution is 5.85. The van der Waals surface area contributed by atoms with E-state index in [4.69, 9.17) is 0 Å². The zero-order valence-electron chi connectivity index (χ0n) is 13.5. The number of amides is 1. The Labute approximate surface area is 138 Å². The van der Waals surface area contributed by atoms with Gasteiger partial charge in [0.15, 0.2) is 0 Å². The van der Waals surface area contributed by atoms with Crippen molar-refractivity contribution < 1.29 is 9.18 Å². The standard InChI is InChI=1S/C17H25FN2O.ClH/c1-12(7-8-15-5-4-6-16(18)11-15)17(21)20-10-9-19-13(2)14(20)3;/h4-6,11-14,19H,7-10H2,1-3H3;1H. The van der Waals surface area contributed by atoms with Crippen LogP contribution in [0.15, 0.2) is 24.3 Å². The summed E-state index contributed by atoms with van der Waals surface area (Å²) in [5, 5.41) is 3.38. The van der Waals surface area contributed by atoms with Crippen LogP contribution in [-0.2, 0) is 11.2 Å². The Balaban J connectivity index is 0.00000242. The monoisotopic (exact) mass is 328 g/mol. The van der Waals surface area contributed by atoms with E-state index in [0.717, 1.165) is 31.5 Å². The van der Waals surface area contributed by atoms with Gasteiger partial charge in [0.1, 0.15) is 5.82 Å². The largest absolute Gasteiger partial charge is 0.337 e. The maximum absolute atomic E-state index is 13.2. The minimum Gasteiger partial charge on any atom is -0.337 e. The molecule has 0 aliphatic carbocycles. The van der Waals surface area contributed by atoms with E-state index in [1.807, 2.05) is 17.9 Å². The fourth-order valence-corrected chi connectivity index (χ4v) is 2.85. The van der Waals surface area contributed by atoms with Gasteiger partial charge in [-0.3, -0.25) is 4.79 Å². The quantitative estimate of drug-likeness (QED) is 0.921. The van der Waals surface area contributed by atoms with Gasteiger partial charge in [0, 0.05) is 31.1 Å². The molecular weight excluding hydrogens is 303 g/mol. The Hall–Kier alpha value is -1.13. The van der Waals surface area contributed by atoms with Gasteiger partial charge in [-0.2, -0.15) is 0 Å². The summed E-state index contributed by atoms with van der Waals surface area (Å²) >= 11 is 0. The van der Waals surface area contributed by atoms with E-state index in [9.17, 15) is 9.18 Å². The highest BCUT2D eigenvalue weighted by Crippen LogP contribution is 2.17. The number of carbonyl (C=O) groups excluding carboxylic acids is 1. The number of hydrogen-bond acceptors (Lipinski definition) is 2. The van der Waals surface area contributed by atoms with Gasteiger partial charge >= 0.3 is 0 Å². The van der Waals surface area contributed by atoms with Crippen LogP contribution in [0, 0.1) is 11.7 Å². The molecule has 1 amide bonds. The molecule has 1 heterocycles.